The van der Waals surface area contributed by atoms with Crippen molar-refractivity contribution in [2.75, 3.05) is 32.7 Å². The summed E-state index contributed by atoms with van der Waals surface area (Å²) in [7, 11) is 0. The number of rotatable bonds is 10. The van der Waals surface area contributed by atoms with Crippen molar-refractivity contribution < 1.29 is 4.79 Å². The van der Waals surface area contributed by atoms with Crippen molar-refractivity contribution in [1.29, 1.82) is 0 Å². The van der Waals surface area contributed by atoms with Gasteiger partial charge in [-0.25, -0.2) is 0 Å². The first-order valence-corrected chi connectivity index (χ1v) is 7.99. The van der Waals surface area contributed by atoms with Gasteiger partial charge in [-0.15, -0.1) is 0 Å². The Kier molecular flexibility index (Phi) is 8.71. The molecule has 0 saturated heterocycles. The minimum atomic E-state index is 0.0662. The second kappa shape index (κ2) is 10.4. The molecule has 0 spiro atoms. The van der Waals surface area contributed by atoms with Crippen LogP contribution in [0.5, 0.6) is 0 Å². The van der Waals surface area contributed by atoms with E-state index in [9.17, 15) is 4.79 Å². The van der Waals surface area contributed by atoms with Gasteiger partial charge in [0.2, 0.25) is 5.91 Å². The summed E-state index contributed by atoms with van der Waals surface area (Å²) in [5.41, 5.74) is 1.25. The Labute approximate surface area is 128 Å². The van der Waals surface area contributed by atoms with Crippen LogP contribution >= 0.6 is 0 Å². The molecular weight excluding hydrogens is 262 g/mol. The van der Waals surface area contributed by atoms with Crippen LogP contribution in [0.3, 0.4) is 0 Å². The fraction of sp³-hybridized carbons (Fsp3) is 0.588. The highest BCUT2D eigenvalue weighted by Gasteiger charge is 2.18. The van der Waals surface area contributed by atoms with E-state index in [4.69, 9.17) is 0 Å². The van der Waals surface area contributed by atoms with Gasteiger partial charge < -0.3 is 10.6 Å². The zero-order valence-electron chi connectivity index (χ0n) is 13.6. The Morgan fingerprint density at radius 2 is 1.81 bits per heavy atom. The first kappa shape index (κ1) is 17.7. The predicted octanol–water partition coefficient (Wildman–Crippen LogP) is 2.19. The number of carbonyl (C=O) groups is 1. The largest absolute Gasteiger partial charge is 0.353 e. The quantitative estimate of drug-likeness (QED) is 0.650. The summed E-state index contributed by atoms with van der Waals surface area (Å²) in [6, 6.07) is 10.6. The maximum absolute atomic E-state index is 11.9. The highest BCUT2D eigenvalue weighted by Crippen LogP contribution is 2.19. The Hall–Kier alpha value is -1.39. The number of amides is 1. The van der Waals surface area contributed by atoms with E-state index in [0.29, 0.717) is 13.1 Å². The first-order chi connectivity index (χ1) is 10.2. The van der Waals surface area contributed by atoms with Crippen molar-refractivity contribution >= 4 is 5.91 Å². The highest BCUT2D eigenvalue weighted by atomic mass is 16.1. The van der Waals surface area contributed by atoms with Gasteiger partial charge in [0.05, 0.1) is 12.6 Å². The Morgan fingerprint density at radius 1 is 1.14 bits per heavy atom. The third-order valence-electron chi connectivity index (χ3n) is 3.64. The molecule has 118 valence electrons. The molecule has 21 heavy (non-hydrogen) atoms. The smallest absolute Gasteiger partial charge is 0.234 e. The summed E-state index contributed by atoms with van der Waals surface area (Å²) in [5, 5.41) is 6.18. The lowest BCUT2D eigenvalue weighted by atomic mass is 10.1. The van der Waals surface area contributed by atoms with Crippen molar-refractivity contribution in [2.45, 2.75) is 33.2 Å². The molecular formula is C17H29N3O. The SMILES string of the molecule is CCCNCC(=O)NCC(c1ccccc1)N(CC)CC. The molecule has 0 fully saturated rings. The van der Waals surface area contributed by atoms with Crippen molar-refractivity contribution in [1.82, 2.24) is 15.5 Å². The van der Waals surface area contributed by atoms with Crippen molar-refractivity contribution in [3.63, 3.8) is 0 Å². The maximum atomic E-state index is 11.9. The lowest BCUT2D eigenvalue weighted by Crippen LogP contribution is -2.41. The van der Waals surface area contributed by atoms with Crippen molar-refractivity contribution in [2.24, 2.45) is 0 Å². The Bertz CT molecular complexity index is 390. The zero-order valence-corrected chi connectivity index (χ0v) is 13.6. The molecule has 0 aliphatic heterocycles. The molecule has 2 N–H and O–H groups in total. The van der Waals surface area contributed by atoms with Gasteiger partial charge >= 0.3 is 0 Å². The van der Waals surface area contributed by atoms with Gasteiger partial charge in [-0.1, -0.05) is 51.1 Å². The normalized spacial score (nSPS) is 12.4. The molecule has 1 aromatic rings. The number of nitrogens with one attached hydrogen (secondary N) is 2. The fourth-order valence-electron chi connectivity index (χ4n) is 2.45. The monoisotopic (exact) mass is 291 g/mol. The van der Waals surface area contributed by atoms with Gasteiger partial charge in [0.1, 0.15) is 0 Å². The molecule has 4 heteroatoms. The molecule has 1 atom stereocenters. The number of likely N-dealkylation sites (N-methyl/N-ethyl adjacent to an activating group) is 1. The topological polar surface area (TPSA) is 44.4 Å². The van der Waals surface area contributed by atoms with Crippen LogP contribution in [0.25, 0.3) is 0 Å². The van der Waals surface area contributed by atoms with Crippen LogP contribution < -0.4 is 10.6 Å². The molecule has 0 aliphatic carbocycles. The second-order valence-corrected chi connectivity index (χ2v) is 5.13. The number of carbonyl (C=O) groups excluding carboxylic acids is 1. The van der Waals surface area contributed by atoms with Gasteiger partial charge in [0.25, 0.3) is 0 Å². The summed E-state index contributed by atoms with van der Waals surface area (Å²) in [6.07, 6.45) is 1.04. The van der Waals surface area contributed by atoms with Crippen LogP contribution in [0, 0.1) is 0 Å². The van der Waals surface area contributed by atoms with Crippen LogP contribution in [0.2, 0.25) is 0 Å². The van der Waals surface area contributed by atoms with E-state index in [0.717, 1.165) is 26.1 Å². The molecule has 0 aliphatic rings. The summed E-state index contributed by atoms with van der Waals surface area (Å²) in [4.78, 5) is 14.2. The van der Waals surface area contributed by atoms with E-state index in [1.165, 1.54) is 5.56 Å². The summed E-state index contributed by atoms with van der Waals surface area (Å²) in [6.45, 7) is 10.3. The Balaban J connectivity index is 2.60. The number of hydrogen-bond acceptors (Lipinski definition) is 3. The summed E-state index contributed by atoms with van der Waals surface area (Å²) < 4.78 is 0. The molecule has 1 rings (SSSR count). The standard InChI is InChI=1S/C17H29N3O/c1-4-12-18-14-17(21)19-13-16(20(5-2)6-3)15-10-8-7-9-11-15/h7-11,16,18H,4-6,12-14H2,1-3H3,(H,19,21). The summed E-state index contributed by atoms with van der Waals surface area (Å²) in [5.74, 6) is 0.0662. The van der Waals surface area contributed by atoms with Crippen LogP contribution in [0.1, 0.15) is 38.8 Å². The maximum Gasteiger partial charge on any atom is 0.234 e. The van der Waals surface area contributed by atoms with E-state index in [1.807, 2.05) is 6.07 Å². The molecule has 4 nitrogen and oxygen atoms in total. The number of hydrogen-bond donors (Lipinski definition) is 2. The van der Waals surface area contributed by atoms with Gasteiger partial charge in [-0.2, -0.15) is 0 Å². The Morgan fingerprint density at radius 3 is 2.38 bits per heavy atom. The molecule has 1 amide bonds. The van der Waals surface area contributed by atoms with Crippen LogP contribution in [-0.2, 0) is 4.79 Å². The lowest BCUT2D eigenvalue weighted by Gasteiger charge is -2.30. The average molecular weight is 291 g/mol. The molecule has 1 unspecified atom stereocenters. The molecule has 0 heterocycles. The first-order valence-electron chi connectivity index (χ1n) is 7.99. The highest BCUT2D eigenvalue weighted by molar-refractivity contribution is 5.78. The summed E-state index contributed by atoms with van der Waals surface area (Å²) >= 11 is 0. The molecule has 0 saturated carbocycles. The minimum Gasteiger partial charge on any atom is -0.353 e. The van der Waals surface area contributed by atoms with Crippen molar-refractivity contribution in [3.8, 4) is 0 Å². The molecule has 1 aromatic carbocycles. The third kappa shape index (κ3) is 6.27. The van der Waals surface area contributed by atoms with Gasteiger partial charge in [0, 0.05) is 6.54 Å². The second-order valence-electron chi connectivity index (χ2n) is 5.13. The van der Waals surface area contributed by atoms with E-state index >= 15 is 0 Å². The van der Waals surface area contributed by atoms with Crippen LogP contribution in [-0.4, -0.2) is 43.5 Å². The average Bonchev–Trinajstić information content (AvgIpc) is 2.52. The number of benzene rings is 1. The van der Waals surface area contributed by atoms with E-state index in [-0.39, 0.29) is 11.9 Å². The molecule has 0 aromatic heterocycles. The van der Waals surface area contributed by atoms with Gasteiger partial charge in [-0.3, -0.25) is 9.69 Å². The lowest BCUT2D eigenvalue weighted by molar-refractivity contribution is -0.120. The van der Waals surface area contributed by atoms with Crippen LogP contribution in [0.4, 0.5) is 0 Å². The molecule has 0 bridgehead atoms. The molecule has 0 radical (unpaired) electrons. The zero-order chi connectivity index (χ0) is 15.5. The van der Waals surface area contributed by atoms with Crippen LogP contribution in [0.15, 0.2) is 30.3 Å². The minimum absolute atomic E-state index is 0.0662. The van der Waals surface area contributed by atoms with E-state index in [2.05, 4.69) is 60.6 Å². The number of nitrogens with zero attached hydrogens (tertiary/aromatic N) is 1. The van der Waals surface area contributed by atoms with E-state index < -0.39 is 0 Å². The van der Waals surface area contributed by atoms with Crippen molar-refractivity contribution in [3.05, 3.63) is 35.9 Å². The van der Waals surface area contributed by atoms with Gasteiger partial charge in [-0.05, 0) is 31.6 Å². The van der Waals surface area contributed by atoms with E-state index in [1.54, 1.807) is 0 Å². The fourth-order valence-corrected chi connectivity index (χ4v) is 2.45. The predicted molar refractivity (Wildman–Crippen MR) is 88.3 cm³/mol. The van der Waals surface area contributed by atoms with Gasteiger partial charge in [0.15, 0.2) is 0 Å². The third-order valence-corrected chi connectivity index (χ3v) is 3.64.